The molecule has 0 spiro atoms. The van der Waals surface area contributed by atoms with Gasteiger partial charge in [0.2, 0.25) is 0 Å². The van der Waals surface area contributed by atoms with Gasteiger partial charge in [-0.25, -0.2) is 4.39 Å². The molecule has 1 unspecified atom stereocenters. The van der Waals surface area contributed by atoms with Gasteiger partial charge < -0.3 is 5.32 Å². The Morgan fingerprint density at radius 1 is 1.50 bits per heavy atom. The lowest BCUT2D eigenvalue weighted by atomic mass is 10.1. The van der Waals surface area contributed by atoms with Crippen molar-refractivity contribution in [3.05, 3.63) is 45.7 Å². The van der Waals surface area contributed by atoms with E-state index in [9.17, 15) is 4.39 Å². The number of halogens is 2. The number of nitrogens with zero attached hydrogens (tertiary/aromatic N) is 2. The van der Waals surface area contributed by atoms with Crippen molar-refractivity contribution in [2.45, 2.75) is 19.4 Å². The summed E-state index contributed by atoms with van der Waals surface area (Å²) in [5.41, 5.74) is 0.719. The van der Waals surface area contributed by atoms with Gasteiger partial charge in [0, 0.05) is 5.02 Å². The Balaban J connectivity index is 2.36. The van der Waals surface area contributed by atoms with Crippen molar-refractivity contribution in [3.63, 3.8) is 0 Å². The first-order chi connectivity index (χ1) is 8.72. The fraction of sp³-hybridized carbons (Fsp3) is 0.333. The van der Waals surface area contributed by atoms with Crippen molar-refractivity contribution in [1.82, 2.24) is 14.9 Å². The Morgan fingerprint density at radius 2 is 2.33 bits per heavy atom. The van der Waals surface area contributed by atoms with E-state index in [1.807, 2.05) is 0 Å². The van der Waals surface area contributed by atoms with E-state index in [2.05, 4.69) is 21.8 Å². The smallest absolute Gasteiger partial charge is 0.123 e. The van der Waals surface area contributed by atoms with Crippen LogP contribution >= 0.6 is 23.1 Å². The molecular formula is C12H13ClFN3S. The molecule has 18 heavy (non-hydrogen) atoms. The SMILES string of the molecule is CCCNC(c1cnns1)c1cc(F)ccc1Cl. The Labute approximate surface area is 114 Å². The van der Waals surface area contributed by atoms with Crippen LogP contribution in [0.15, 0.2) is 24.4 Å². The average molecular weight is 286 g/mol. The van der Waals surface area contributed by atoms with Gasteiger partial charge in [0.25, 0.3) is 0 Å². The molecule has 6 heteroatoms. The highest BCUT2D eigenvalue weighted by Crippen LogP contribution is 2.30. The molecule has 3 nitrogen and oxygen atoms in total. The second-order valence-corrected chi connectivity index (χ2v) is 5.10. The van der Waals surface area contributed by atoms with E-state index in [1.165, 1.54) is 23.7 Å². The van der Waals surface area contributed by atoms with E-state index in [-0.39, 0.29) is 11.9 Å². The van der Waals surface area contributed by atoms with Crippen LogP contribution in [0.3, 0.4) is 0 Å². The predicted octanol–water partition coefficient (Wildman–Crippen LogP) is 3.42. The number of aromatic nitrogens is 2. The minimum atomic E-state index is -0.296. The molecule has 0 amide bonds. The predicted molar refractivity (Wildman–Crippen MR) is 71.5 cm³/mol. The van der Waals surface area contributed by atoms with Crippen LogP contribution in [0.2, 0.25) is 5.02 Å². The molecule has 0 aliphatic rings. The number of benzene rings is 1. The largest absolute Gasteiger partial charge is 0.305 e. The highest BCUT2D eigenvalue weighted by Gasteiger charge is 2.19. The molecule has 96 valence electrons. The summed E-state index contributed by atoms with van der Waals surface area (Å²) in [4.78, 5) is 0.927. The molecule has 1 aromatic carbocycles. The Morgan fingerprint density at radius 3 is 3.00 bits per heavy atom. The topological polar surface area (TPSA) is 37.8 Å². The molecule has 0 fully saturated rings. The summed E-state index contributed by atoms with van der Waals surface area (Å²) in [5, 5.41) is 7.70. The van der Waals surface area contributed by atoms with Crippen molar-refractivity contribution in [2.24, 2.45) is 0 Å². The zero-order valence-electron chi connectivity index (χ0n) is 9.86. The molecule has 0 saturated heterocycles. The zero-order chi connectivity index (χ0) is 13.0. The first-order valence-corrected chi connectivity index (χ1v) is 6.83. The molecule has 0 bridgehead atoms. The minimum Gasteiger partial charge on any atom is -0.305 e. The van der Waals surface area contributed by atoms with E-state index in [4.69, 9.17) is 11.6 Å². The molecule has 0 aliphatic carbocycles. The molecule has 0 aliphatic heterocycles. The van der Waals surface area contributed by atoms with Crippen LogP contribution in [0, 0.1) is 5.82 Å². The van der Waals surface area contributed by atoms with Gasteiger partial charge in [0.1, 0.15) is 5.82 Å². The third-order valence-electron chi connectivity index (χ3n) is 2.53. The fourth-order valence-corrected chi connectivity index (χ4v) is 2.52. The fourth-order valence-electron chi connectivity index (χ4n) is 1.69. The van der Waals surface area contributed by atoms with Crippen LogP contribution in [-0.4, -0.2) is 16.1 Å². The molecule has 0 saturated carbocycles. The molecule has 1 N–H and O–H groups in total. The lowest BCUT2D eigenvalue weighted by Gasteiger charge is -2.18. The molecule has 1 atom stereocenters. The van der Waals surface area contributed by atoms with Crippen LogP contribution in [0.5, 0.6) is 0 Å². The Kier molecular flexibility index (Phi) is 4.63. The minimum absolute atomic E-state index is 0.159. The summed E-state index contributed by atoms with van der Waals surface area (Å²) in [7, 11) is 0. The number of nitrogens with one attached hydrogen (secondary N) is 1. The van der Waals surface area contributed by atoms with Crippen molar-refractivity contribution in [1.29, 1.82) is 0 Å². The average Bonchev–Trinajstić information content (AvgIpc) is 2.88. The number of hydrogen-bond donors (Lipinski definition) is 1. The maximum absolute atomic E-state index is 13.4. The second kappa shape index (κ2) is 6.22. The van der Waals surface area contributed by atoms with E-state index in [1.54, 1.807) is 12.3 Å². The van der Waals surface area contributed by atoms with Gasteiger partial charge in [-0.2, -0.15) is 0 Å². The lowest BCUT2D eigenvalue weighted by Crippen LogP contribution is -2.22. The third-order valence-corrected chi connectivity index (χ3v) is 3.60. The summed E-state index contributed by atoms with van der Waals surface area (Å²) in [6, 6.07) is 4.22. The normalized spacial score (nSPS) is 12.6. The van der Waals surface area contributed by atoms with Gasteiger partial charge in [-0.1, -0.05) is 23.0 Å². The van der Waals surface area contributed by atoms with Gasteiger partial charge in [0.05, 0.1) is 17.1 Å². The summed E-state index contributed by atoms with van der Waals surface area (Å²) in [6.45, 7) is 2.89. The molecule has 2 aromatic rings. The van der Waals surface area contributed by atoms with E-state index in [0.29, 0.717) is 5.02 Å². The van der Waals surface area contributed by atoms with Gasteiger partial charge in [0.15, 0.2) is 0 Å². The summed E-state index contributed by atoms with van der Waals surface area (Å²) >= 11 is 7.43. The van der Waals surface area contributed by atoms with Crippen LogP contribution in [0.25, 0.3) is 0 Å². The van der Waals surface area contributed by atoms with Crippen LogP contribution < -0.4 is 5.32 Å². The van der Waals surface area contributed by atoms with Crippen molar-refractivity contribution >= 4 is 23.1 Å². The quantitative estimate of drug-likeness (QED) is 0.915. The van der Waals surface area contributed by atoms with E-state index < -0.39 is 0 Å². The summed E-state index contributed by atoms with van der Waals surface area (Å²) in [5.74, 6) is -0.296. The highest BCUT2D eigenvalue weighted by atomic mass is 35.5. The summed E-state index contributed by atoms with van der Waals surface area (Å²) in [6.07, 6.45) is 2.66. The maximum Gasteiger partial charge on any atom is 0.123 e. The van der Waals surface area contributed by atoms with Crippen LogP contribution in [0.1, 0.15) is 29.8 Å². The zero-order valence-corrected chi connectivity index (χ0v) is 11.4. The summed E-state index contributed by atoms with van der Waals surface area (Å²) < 4.78 is 17.2. The molecule has 0 radical (unpaired) electrons. The highest BCUT2D eigenvalue weighted by molar-refractivity contribution is 7.05. The van der Waals surface area contributed by atoms with Crippen molar-refractivity contribution in [2.75, 3.05) is 6.54 Å². The van der Waals surface area contributed by atoms with E-state index >= 15 is 0 Å². The first kappa shape index (κ1) is 13.4. The van der Waals surface area contributed by atoms with Gasteiger partial charge in [-0.3, -0.25) is 0 Å². The number of hydrogen-bond acceptors (Lipinski definition) is 4. The Hall–Kier alpha value is -1.04. The van der Waals surface area contributed by atoms with Gasteiger partial charge in [-0.05, 0) is 48.3 Å². The number of rotatable bonds is 5. The van der Waals surface area contributed by atoms with Crippen LogP contribution in [0.4, 0.5) is 4.39 Å². The third kappa shape index (κ3) is 3.04. The van der Waals surface area contributed by atoms with Crippen molar-refractivity contribution in [3.8, 4) is 0 Å². The molecule has 1 heterocycles. The van der Waals surface area contributed by atoms with Gasteiger partial charge >= 0.3 is 0 Å². The molecule has 1 aromatic heterocycles. The standard InChI is InChI=1S/C12H13ClFN3S/c1-2-5-15-12(11-7-16-17-18-11)9-6-8(14)3-4-10(9)13/h3-4,6-7,12,15H,2,5H2,1H3. The monoisotopic (exact) mass is 285 g/mol. The maximum atomic E-state index is 13.4. The molecular weight excluding hydrogens is 273 g/mol. The van der Waals surface area contributed by atoms with Crippen molar-refractivity contribution < 1.29 is 4.39 Å². The Bertz CT molecular complexity index is 504. The lowest BCUT2D eigenvalue weighted by molar-refractivity contribution is 0.590. The second-order valence-electron chi connectivity index (χ2n) is 3.87. The first-order valence-electron chi connectivity index (χ1n) is 5.68. The molecule has 2 rings (SSSR count). The van der Waals surface area contributed by atoms with E-state index in [0.717, 1.165) is 23.4 Å². The van der Waals surface area contributed by atoms with Crippen LogP contribution in [-0.2, 0) is 0 Å². The van der Waals surface area contributed by atoms with Gasteiger partial charge in [-0.15, -0.1) is 5.10 Å².